The summed E-state index contributed by atoms with van der Waals surface area (Å²) in [7, 11) is 0. The molecule has 0 unspecified atom stereocenters. The van der Waals surface area contributed by atoms with Gasteiger partial charge in [-0.3, -0.25) is 0 Å². The lowest BCUT2D eigenvalue weighted by atomic mass is 9.84. The van der Waals surface area contributed by atoms with E-state index < -0.39 is 0 Å². The van der Waals surface area contributed by atoms with E-state index in [1.807, 2.05) is 0 Å². The number of fused-ring (bicyclic) bond motifs is 4. The van der Waals surface area contributed by atoms with Crippen molar-refractivity contribution in [3.8, 4) is 0 Å². The summed E-state index contributed by atoms with van der Waals surface area (Å²) in [6.07, 6.45) is 9.28. The third kappa shape index (κ3) is 1.21. The molecule has 0 aliphatic heterocycles. The average molecular weight is 138 g/mol. The van der Waals surface area contributed by atoms with Gasteiger partial charge in [-0.05, 0) is 30.6 Å². The normalized spacial score (nSPS) is 47.1. The summed E-state index contributed by atoms with van der Waals surface area (Å²) < 4.78 is 0. The Hall–Kier alpha value is 0. The predicted molar refractivity (Wildman–Crippen MR) is 43.8 cm³/mol. The van der Waals surface area contributed by atoms with Crippen LogP contribution < -0.4 is 0 Å². The quantitative estimate of drug-likeness (QED) is 0.482. The summed E-state index contributed by atoms with van der Waals surface area (Å²) in [4.78, 5) is 0. The predicted octanol–water partition coefficient (Wildman–Crippen LogP) is 3.22. The van der Waals surface area contributed by atoms with Crippen molar-refractivity contribution in [3.05, 3.63) is 0 Å². The molecule has 0 heterocycles. The monoisotopic (exact) mass is 138 g/mol. The molecule has 0 spiro atoms. The van der Waals surface area contributed by atoms with E-state index in [0.29, 0.717) is 0 Å². The fourth-order valence-electron chi connectivity index (χ4n) is 2.94. The molecule has 0 aromatic heterocycles. The standard InChI is InChI=1S/C10H18/c1-8-6-9-2-3-10(7-8)5-4-9/h8-10H,2-7H2,1H3. The highest BCUT2D eigenvalue weighted by Gasteiger charge is 2.28. The van der Waals surface area contributed by atoms with E-state index in [2.05, 4.69) is 6.92 Å². The largest absolute Gasteiger partial charge is 0.0625 e. The second kappa shape index (κ2) is 2.56. The summed E-state index contributed by atoms with van der Waals surface area (Å²) in [6.45, 7) is 2.44. The second-order valence-corrected chi connectivity index (χ2v) is 4.46. The Balaban J connectivity index is 2.05. The zero-order chi connectivity index (χ0) is 6.97. The fraction of sp³-hybridized carbons (Fsp3) is 1.00. The fourth-order valence-corrected chi connectivity index (χ4v) is 2.94. The molecule has 0 N–H and O–H groups in total. The van der Waals surface area contributed by atoms with Crippen molar-refractivity contribution in [3.63, 3.8) is 0 Å². The van der Waals surface area contributed by atoms with Gasteiger partial charge in [-0.1, -0.05) is 32.6 Å². The highest BCUT2D eigenvalue weighted by Crippen LogP contribution is 2.41. The smallest absolute Gasteiger partial charge is 0.0412 e. The summed E-state index contributed by atoms with van der Waals surface area (Å²) >= 11 is 0. The van der Waals surface area contributed by atoms with E-state index in [9.17, 15) is 0 Å². The van der Waals surface area contributed by atoms with Crippen molar-refractivity contribution in [2.45, 2.75) is 45.4 Å². The maximum absolute atomic E-state index is 2.44. The molecule has 10 heavy (non-hydrogen) atoms. The molecule has 0 amide bonds. The molecule has 0 aromatic carbocycles. The molecule has 3 aliphatic carbocycles. The van der Waals surface area contributed by atoms with Crippen molar-refractivity contribution >= 4 is 0 Å². The van der Waals surface area contributed by atoms with Gasteiger partial charge in [-0.2, -0.15) is 0 Å². The van der Waals surface area contributed by atoms with Crippen molar-refractivity contribution < 1.29 is 0 Å². The van der Waals surface area contributed by atoms with E-state index in [1.165, 1.54) is 12.8 Å². The molecule has 0 aromatic rings. The zero-order valence-electron chi connectivity index (χ0n) is 6.97. The van der Waals surface area contributed by atoms with E-state index in [0.717, 1.165) is 17.8 Å². The molecule has 0 nitrogen and oxygen atoms in total. The molecule has 0 saturated heterocycles. The van der Waals surface area contributed by atoms with E-state index in [-0.39, 0.29) is 0 Å². The lowest BCUT2D eigenvalue weighted by molar-refractivity contribution is 0.308. The van der Waals surface area contributed by atoms with Crippen LogP contribution in [0, 0.1) is 17.8 Å². The second-order valence-electron chi connectivity index (χ2n) is 4.46. The van der Waals surface area contributed by atoms with Gasteiger partial charge in [0, 0.05) is 0 Å². The van der Waals surface area contributed by atoms with E-state index in [4.69, 9.17) is 0 Å². The van der Waals surface area contributed by atoms with E-state index in [1.54, 1.807) is 25.7 Å². The van der Waals surface area contributed by atoms with Gasteiger partial charge in [0.05, 0.1) is 0 Å². The molecule has 0 heteroatoms. The van der Waals surface area contributed by atoms with Crippen LogP contribution in [-0.2, 0) is 0 Å². The topological polar surface area (TPSA) is 0 Å². The molecule has 2 bridgehead atoms. The lowest BCUT2D eigenvalue weighted by Crippen LogP contribution is -2.08. The lowest BCUT2D eigenvalue weighted by Gasteiger charge is -2.22. The van der Waals surface area contributed by atoms with E-state index >= 15 is 0 Å². The molecule has 0 radical (unpaired) electrons. The third-order valence-electron chi connectivity index (χ3n) is 3.44. The Morgan fingerprint density at radius 2 is 1.20 bits per heavy atom. The first kappa shape index (κ1) is 6.69. The maximum Gasteiger partial charge on any atom is -0.0412 e. The van der Waals surface area contributed by atoms with Crippen molar-refractivity contribution in [2.24, 2.45) is 17.8 Å². The SMILES string of the molecule is CC1CC2CCC(CC2)C1. The molecule has 3 saturated carbocycles. The van der Waals surface area contributed by atoms with Gasteiger partial charge >= 0.3 is 0 Å². The first-order valence-corrected chi connectivity index (χ1v) is 4.84. The Bertz CT molecular complexity index is 95.2. The van der Waals surface area contributed by atoms with Crippen LogP contribution in [0.5, 0.6) is 0 Å². The molecular weight excluding hydrogens is 120 g/mol. The minimum Gasteiger partial charge on any atom is -0.0625 e. The van der Waals surface area contributed by atoms with Crippen LogP contribution >= 0.6 is 0 Å². The van der Waals surface area contributed by atoms with Gasteiger partial charge in [-0.25, -0.2) is 0 Å². The zero-order valence-corrected chi connectivity index (χ0v) is 6.97. The molecular formula is C10H18. The maximum atomic E-state index is 2.44. The molecule has 3 fully saturated rings. The van der Waals surface area contributed by atoms with Crippen LogP contribution in [0.25, 0.3) is 0 Å². The number of hydrogen-bond donors (Lipinski definition) is 0. The third-order valence-corrected chi connectivity index (χ3v) is 3.44. The summed E-state index contributed by atoms with van der Waals surface area (Å²) in [5.41, 5.74) is 0. The summed E-state index contributed by atoms with van der Waals surface area (Å²) in [6, 6.07) is 0. The summed E-state index contributed by atoms with van der Waals surface area (Å²) in [5.74, 6) is 3.28. The van der Waals surface area contributed by atoms with Crippen molar-refractivity contribution in [1.29, 1.82) is 0 Å². The van der Waals surface area contributed by atoms with Gasteiger partial charge in [0.2, 0.25) is 0 Å². The van der Waals surface area contributed by atoms with Crippen LogP contribution in [0.15, 0.2) is 0 Å². The van der Waals surface area contributed by atoms with Crippen LogP contribution in [0.2, 0.25) is 0 Å². The highest BCUT2D eigenvalue weighted by atomic mass is 14.3. The van der Waals surface area contributed by atoms with Gasteiger partial charge in [0.15, 0.2) is 0 Å². The van der Waals surface area contributed by atoms with Gasteiger partial charge < -0.3 is 0 Å². The minimum atomic E-state index is 1.04. The van der Waals surface area contributed by atoms with Crippen LogP contribution in [0.4, 0.5) is 0 Å². The van der Waals surface area contributed by atoms with Crippen molar-refractivity contribution in [1.82, 2.24) is 0 Å². The van der Waals surface area contributed by atoms with Crippen molar-refractivity contribution in [2.75, 3.05) is 0 Å². The Morgan fingerprint density at radius 1 is 0.800 bits per heavy atom. The van der Waals surface area contributed by atoms with Gasteiger partial charge in [0.1, 0.15) is 0 Å². The Morgan fingerprint density at radius 3 is 1.60 bits per heavy atom. The summed E-state index contributed by atoms with van der Waals surface area (Å²) in [5, 5.41) is 0. The van der Waals surface area contributed by atoms with Crippen LogP contribution in [-0.4, -0.2) is 0 Å². The van der Waals surface area contributed by atoms with Gasteiger partial charge in [-0.15, -0.1) is 0 Å². The molecule has 3 rings (SSSR count). The van der Waals surface area contributed by atoms with Crippen LogP contribution in [0.3, 0.4) is 0 Å². The molecule has 3 aliphatic rings. The molecule has 58 valence electrons. The average Bonchev–Trinajstić information content (AvgIpc) is 2.17. The highest BCUT2D eigenvalue weighted by molar-refractivity contribution is 4.80. The van der Waals surface area contributed by atoms with Gasteiger partial charge in [0.25, 0.3) is 0 Å². The molecule has 0 atom stereocenters. The first-order chi connectivity index (χ1) is 4.84. The first-order valence-electron chi connectivity index (χ1n) is 4.84. The number of rotatable bonds is 0. The number of hydrogen-bond acceptors (Lipinski definition) is 0. The Kier molecular flexibility index (Phi) is 1.71. The van der Waals surface area contributed by atoms with Crippen LogP contribution in [0.1, 0.15) is 45.4 Å². The Labute approximate surface area is 64.0 Å². The minimum absolute atomic E-state index is 1.04.